The first-order valence-electron chi connectivity index (χ1n) is 3.10. The van der Waals surface area contributed by atoms with Gasteiger partial charge in [0.25, 0.3) is 0 Å². The Morgan fingerprint density at radius 1 is 1.40 bits per heavy atom. The van der Waals surface area contributed by atoms with Crippen LogP contribution in [0.25, 0.3) is 0 Å². The van der Waals surface area contributed by atoms with Gasteiger partial charge in [-0.25, -0.2) is 4.39 Å². The van der Waals surface area contributed by atoms with Crippen LogP contribution in [0.15, 0.2) is 24.3 Å². The van der Waals surface area contributed by atoms with E-state index in [0.29, 0.717) is 10.6 Å². The highest BCUT2D eigenvalue weighted by Crippen LogP contribution is 2.24. The van der Waals surface area contributed by atoms with E-state index < -0.39 is 6.17 Å². The summed E-state index contributed by atoms with van der Waals surface area (Å²) in [6.45, 7) is 1.47. The quantitative estimate of drug-likeness (QED) is 0.588. The second-order valence-electron chi connectivity index (χ2n) is 2.14. The topological polar surface area (TPSA) is 0 Å². The van der Waals surface area contributed by atoms with Gasteiger partial charge in [-0.05, 0) is 13.0 Å². The van der Waals surface area contributed by atoms with E-state index >= 15 is 0 Å². The molecule has 2 heteroatoms. The molecule has 0 bridgehead atoms. The molecule has 1 atom stereocenters. The van der Waals surface area contributed by atoms with E-state index in [4.69, 9.17) is 11.6 Å². The molecular formula is C8H8ClF. The molecule has 0 spiro atoms. The summed E-state index contributed by atoms with van der Waals surface area (Å²) in [7, 11) is 0. The molecule has 10 heavy (non-hydrogen) atoms. The highest BCUT2D eigenvalue weighted by Gasteiger charge is 2.04. The molecule has 0 aromatic heterocycles. The van der Waals surface area contributed by atoms with Crippen molar-refractivity contribution in [3.8, 4) is 0 Å². The summed E-state index contributed by atoms with van der Waals surface area (Å²) in [5.74, 6) is 0. The Kier molecular flexibility index (Phi) is 2.28. The van der Waals surface area contributed by atoms with E-state index in [1.807, 2.05) is 0 Å². The van der Waals surface area contributed by atoms with Crippen LogP contribution in [0.3, 0.4) is 0 Å². The number of alkyl halides is 1. The second kappa shape index (κ2) is 3.02. The first kappa shape index (κ1) is 7.55. The van der Waals surface area contributed by atoms with E-state index in [1.165, 1.54) is 6.92 Å². The predicted octanol–water partition coefficient (Wildman–Crippen LogP) is 3.37. The maximum atomic E-state index is 12.6. The van der Waals surface area contributed by atoms with Gasteiger partial charge in [0.1, 0.15) is 6.17 Å². The summed E-state index contributed by atoms with van der Waals surface area (Å²) in [6, 6.07) is 6.94. The first-order valence-corrected chi connectivity index (χ1v) is 3.48. The van der Waals surface area contributed by atoms with Crippen molar-refractivity contribution in [1.29, 1.82) is 0 Å². The number of halogens is 2. The van der Waals surface area contributed by atoms with Crippen molar-refractivity contribution in [3.05, 3.63) is 34.9 Å². The van der Waals surface area contributed by atoms with Crippen LogP contribution < -0.4 is 0 Å². The molecule has 0 radical (unpaired) electrons. The largest absolute Gasteiger partial charge is 0.243 e. The Balaban J connectivity index is 3.03. The zero-order valence-electron chi connectivity index (χ0n) is 5.64. The Morgan fingerprint density at radius 3 is 2.40 bits per heavy atom. The smallest absolute Gasteiger partial charge is 0.124 e. The lowest BCUT2D eigenvalue weighted by Gasteiger charge is -2.02. The molecule has 54 valence electrons. The minimum atomic E-state index is -0.978. The summed E-state index contributed by atoms with van der Waals surface area (Å²) >= 11 is 5.68. The van der Waals surface area contributed by atoms with Gasteiger partial charge in [0, 0.05) is 10.6 Å². The predicted molar refractivity (Wildman–Crippen MR) is 41.0 cm³/mol. The van der Waals surface area contributed by atoms with Crippen LogP contribution in [-0.4, -0.2) is 0 Å². The van der Waals surface area contributed by atoms with Gasteiger partial charge in [-0.3, -0.25) is 0 Å². The van der Waals surface area contributed by atoms with Crippen molar-refractivity contribution in [2.75, 3.05) is 0 Å². The summed E-state index contributed by atoms with van der Waals surface area (Å²) in [6.07, 6.45) is -0.978. The maximum Gasteiger partial charge on any atom is 0.124 e. The third-order valence-corrected chi connectivity index (χ3v) is 1.68. The Bertz CT molecular complexity index is 220. The molecule has 0 aliphatic heterocycles. The SMILES string of the molecule is CC(F)c1ccccc1Cl. The molecule has 1 rings (SSSR count). The molecule has 0 aliphatic rings. The van der Waals surface area contributed by atoms with E-state index in [2.05, 4.69) is 0 Å². The van der Waals surface area contributed by atoms with Crippen molar-refractivity contribution >= 4 is 11.6 Å². The Hall–Kier alpha value is -0.560. The van der Waals surface area contributed by atoms with E-state index in [0.717, 1.165) is 0 Å². The van der Waals surface area contributed by atoms with Gasteiger partial charge in [-0.1, -0.05) is 29.8 Å². The number of benzene rings is 1. The van der Waals surface area contributed by atoms with Crippen molar-refractivity contribution in [2.24, 2.45) is 0 Å². The van der Waals surface area contributed by atoms with Crippen LogP contribution in [0.5, 0.6) is 0 Å². The van der Waals surface area contributed by atoms with E-state index in [1.54, 1.807) is 24.3 Å². The highest BCUT2D eigenvalue weighted by atomic mass is 35.5. The standard InChI is InChI=1S/C8H8ClF/c1-6(10)7-4-2-3-5-8(7)9/h2-6H,1H3. The zero-order valence-corrected chi connectivity index (χ0v) is 6.40. The maximum absolute atomic E-state index is 12.6. The van der Waals surface area contributed by atoms with Gasteiger partial charge in [-0.15, -0.1) is 0 Å². The fourth-order valence-corrected chi connectivity index (χ4v) is 1.08. The number of hydrogen-bond donors (Lipinski definition) is 0. The van der Waals surface area contributed by atoms with Crippen LogP contribution in [0, 0.1) is 0 Å². The molecule has 0 N–H and O–H groups in total. The summed E-state index contributed by atoms with van der Waals surface area (Å²) in [4.78, 5) is 0. The molecular weight excluding hydrogens is 151 g/mol. The molecule has 1 aromatic carbocycles. The van der Waals surface area contributed by atoms with Crippen LogP contribution >= 0.6 is 11.6 Å². The van der Waals surface area contributed by atoms with Gasteiger partial charge in [0.2, 0.25) is 0 Å². The monoisotopic (exact) mass is 158 g/mol. The Morgan fingerprint density at radius 2 is 2.00 bits per heavy atom. The molecule has 1 aromatic rings. The fourth-order valence-electron chi connectivity index (χ4n) is 0.798. The lowest BCUT2D eigenvalue weighted by Crippen LogP contribution is -1.84. The van der Waals surface area contributed by atoms with Crippen LogP contribution in [0.2, 0.25) is 5.02 Å². The number of rotatable bonds is 1. The molecule has 0 saturated carbocycles. The van der Waals surface area contributed by atoms with Crippen LogP contribution in [0.1, 0.15) is 18.7 Å². The van der Waals surface area contributed by atoms with E-state index in [-0.39, 0.29) is 0 Å². The Labute approximate surface area is 64.6 Å². The molecule has 0 heterocycles. The van der Waals surface area contributed by atoms with Crippen molar-refractivity contribution < 1.29 is 4.39 Å². The van der Waals surface area contributed by atoms with Gasteiger partial charge in [0.05, 0.1) is 0 Å². The highest BCUT2D eigenvalue weighted by molar-refractivity contribution is 6.31. The van der Waals surface area contributed by atoms with Crippen molar-refractivity contribution in [3.63, 3.8) is 0 Å². The normalized spacial score (nSPS) is 13.1. The van der Waals surface area contributed by atoms with Crippen molar-refractivity contribution in [1.82, 2.24) is 0 Å². The van der Waals surface area contributed by atoms with Crippen molar-refractivity contribution in [2.45, 2.75) is 13.1 Å². The average Bonchev–Trinajstić information content (AvgIpc) is 1.88. The molecule has 0 saturated heterocycles. The molecule has 1 unspecified atom stereocenters. The molecule has 0 aliphatic carbocycles. The molecule has 0 nitrogen and oxygen atoms in total. The first-order chi connectivity index (χ1) is 4.72. The summed E-state index contributed by atoms with van der Waals surface area (Å²) in [5, 5.41) is 0.498. The second-order valence-corrected chi connectivity index (χ2v) is 2.54. The minimum Gasteiger partial charge on any atom is -0.243 e. The summed E-state index contributed by atoms with van der Waals surface area (Å²) in [5.41, 5.74) is 0.559. The molecule has 0 amide bonds. The third kappa shape index (κ3) is 1.48. The van der Waals surface area contributed by atoms with Crippen LogP contribution in [-0.2, 0) is 0 Å². The van der Waals surface area contributed by atoms with Gasteiger partial charge < -0.3 is 0 Å². The lowest BCUT2D eigenvalue weighted by atomic mass is 10.1. The molecule has 0 fully saturated rings. The van der Waals surface area contributed by atoms with Gasteiger partial charge in [-0.2, -0.15) is 0 Å². The summed E-state index contributed by atoms with van der Waals surface area (Å²) < 4.78 is 12.6. The van der Waals surface area contributed by atoms with E-state index in [9.17, 15) is 4.39 Å². The lowest BCUT2D eigenvalue weighted by molar-refractivity contribution is 0.374. The van der Waals surface area contributed by atoms with Gasteiger partial charge in [0.15, 0.2) is 0 Å². The number of hydrogen-bond acceptors (Lipinski definition) is 0. The fraction of sp³-hybridized carbons (Fsp3) is 0.250. The average molecular weight is 159 g/mol. The zero-order chi connectivity index (χ0) is 7.56. The third-order valence-electron chi connectivity index (χ3n) is 1.33. The van der Waals surface area contributed by atoms with Gasteiger partial charge >= 0.3 is 0 Å². The van der Waals surface area contributed by atoms with Crippen LogP contribution in [0.4, 0.5) is 4.39 Å². The minimum absolute atomic E-state index is 0.498.